The summed E-state index contributed by atoms with van der Waals surface area (Å²) >= 11 is 15.5. The highest BCUT2D eigenvalue weighted by atomic mass is 79.9. The largest absolute Gasteiger partial charge is 0.490 e. The molecule has 0 atom stereocenters. The number of anilines is 1. The Kier molecular flexibility index (Phi) is 9.31. The molecule has 0 aliphatic heterocycles. The molecule has 184 valence electrons. The summed E-state index contributed by atoms with van der Waals surface area (Å²) in [5.41, 5.74) is 1.10. The van der Waals surface area contributed by atoms with Gasteiger partial charge in [-0.3, -0.25) is 14.9 Å². The number of ether oxygens (including phenoxy) is 2. The number of carbonyl (C=O) groups is 1. The van der Waals surface area contributed by atoms with Gasteiger partial charge in [0, 0.05) is 17.8 Å². The monoisotopic (exact) mass is 589 g/mol. The van der Waals surface area contributed by atoms with Gasteiger partial charge < -0.3 is 14.8 Å². The molecule has 0 fully saturated rings. The van der Waals surface area contributed by atoms with Gasteiger partial charge >= 0.3 is 0 Å². The summed E-state index contributed by atoms with van der Waals surface area (Å²) < 4.78 is 12.2. The average molecular weight is 591 g/mol. The smallest absolute Gasteiger partial charge is 0.271 e. The molecule has 0 aliphatic carbocycles. The number of halogens is 3. The number of nitriles is 1. The van der Waals surface area contributed by atoms with Crippen molar-refractivity contribution in [1.29, 1.82) is 5.26 Å². The highest BCUT2D eigenvalue weighted by molar-refractivity contribution is 9.10. The number of amides is 1. The number of non-ortho nitro benzene ring substituents is 1. The van der Waals surface area contributed by atoms with Crippen molar-refractivity contribution in [3.05, 3.63) is 95.9 Å². The molecule has 0 saturated carbocycles. The second kappa shape index (κ2) is 12.4. The van der Waals surface area contributed by atoms with E-state index in [0.717, 1.165) is 5.56 Å². The van der Waals surface area contributed by atoms with E-state index in [0.29, 0.717) is 38.2 Å². The number of rotatable bonds is 9. The first-order chi connectivity index (χ1) is 17.2. The number of benzene rings is 3. The fraction of sp³-hybridized carbons (Fsp3) is 0.120. The first-order valence-corrected chi connectivity index (χ1v) is 12.0. The van der Waals surface area contributed by atoms with Crippen LogP contribution in [0.3, 0.4) is 0 Å². The number of nitro groups is 1. The van der Waals surface area contributed by atoms with Crippen LogP contribution in [0.1, 0.15) is 18.1 Å². The molecule has 0 spiro atoms. The fourth-order valence-corrected chi connectivity index (χ4v) is 3.96. The molecule has 11 heteroatoms. The van der Waals surface area contributed by atoms with Crippen molar-refractivity contribution in [1.82, 2.24) is 0 Å². The highest BCUT2D eigenvalue weighted by Gasteiger charge is 2.16. The molecular formula is C25H18BrCl2N3O5. The van der Waals surface area contributed by atoms with Crippen molar-refractivity contribution in [3.8, 4) is 17.6 Å². The molecule has 0 saturated heterocycles. The maximum absolute atomic E-state index is 12.6. The predicted molar refractivity (Wildman–Crippen MR) is 141 cm³/mol. The Labute approximate surface area is 225 Å². The van der Waals surface area contributed by atoms with E-state index in [-0.39, 0.29) is 23.6 Å². The zero-order chi connectivity index (χ0) is 26.2. The minimum absolute atomic E-state index is 0.183. The van der Waals surface area contributed by atoms with Crippen LogP contribution in [-0.2, 0) is 11.4 Å². The van der Waals surface area contributed by atoms with Gasteiger partial charge in [0.25, 0.3) is 11.6 Å². The molecular weight excluding hydrogens is 573 g/mol. The number of nitrogens with zero attached hydrogens (tertiary/aromatic N) is 2. The first-order valence-electron chi connectivity index (χ1n) is 10.4. The molecule has 0 radical (unpaired) electrons. The quantitative estimate of drug-likeness (QED) is 0.122. The summed E-state index contributed by atoms with van der Waals surface area (Å²) in [6.45, 7) is 2.35. The van der Waals surface area contributed by atoms with Crippen molar-refractivity contribution < 1.29 is 19.2 Å². The van der Waals surface area contributed by atoms with Crippen molar-refractivity contribution in [2.75, 3.05) is 11.9 Å². The van der Waals surface area contributed by atoms with Crippen LogP contribution in [0.2, 0.25) is 10.0 Å². The lowest BCUT2D eigenvalue weighted by Crippen LogP contribution is -2.13. The van der Waals surface area contributed by atoms with Crippen LogP contribution in [0, 0.1) is 21.4 Å². The van der Waals surface area contributed by atoms with Crippen LogP contribution < -0.4 is 14.8 Å². The molecule has 0 aromatic heterocycles. The molecule has 3 rings (SSSR count). The Hall–Kier alpha value is -3.58. The Morgan fingerprint density at radius 2 is 1.94 bits per heavy atom. The third-order valence-electron chi connectivity index (χ3n) is 4.69. The second-order valence-corrected chi connectivity index (χ2v) is 8.90. The van der Waals surface area contributed by atoms with Crippen molar-refractivity contribution >= 4 is 62.5 Å². The van der Waals surface area contributed by atoms with Crippen molar-refractivity contribution in [2.45, 2.75) is 13.5 Å². The molecule has 0 heterocycles. The summed E-state index contributed by atoms with van der Waals surface area (Å²) in [5.74, 6) is 0.112. The standard InChI is InChI=1S/C25H18BrCl2N3O5/c1-2-35-23-11-16(9-20(26)24(23)36-14-15-6-7-21(27)22(28)10-15)8-17(13-29)25(32)30-18-4-3-5-19(12-18)31(33)34/h3-12H,2,14H2,1H3,(H,30,32)/b17-8+. The van der Waals surface area contributed by atoms with E-state index in [1.165, 1.54) is 30.3 Å². The van der Waals surface area contributed by atoms with E-state index in [4.69, 9.17) is 32.7 Å². The number of nitrogens with one attached hydrogen (secondary N) is 1. The summed E-state index contributed by atoms with van der Waals surface area (Å²) in [5, 5.41) is 23.9. The molecule has 0 unspecified atom stereocenters. The number of carbonyl (C=O) groups excluding carboxylic acids is 1. The van der Waals surface area contributed by atoms with Crippen LogP contribution in [0.4, 0.5) is 11.4 Å². The maximum atomic E-state index is 12.6. The molecule has 3 aromatic carbocycles. The number of hydrogen-bond acceptors (Lipinski definition) is 6. The van der Waals surface area contributed by atoms with Gasteiger partial charge in [0.15, 0.2) is 11.5 Å². The van der Waals surface area contributed by atoms with Crippen LogP contribution in [-0.4, -0.2) is 17.4 Å². The van der Waals surface area contributed by atoms with Crippen LogP contribution >= 0.6 is 39.1 Å². The third-order valence-corrected chi connectivity index (χ3v) is 6.02. The molecule has 36 heavy (non-hydrogen) atoms. The molecule has 1 N–H and O–H groups in total. The van der Waals surface area contributed by atoms with Crippen molar-refractivity contribution in [2.24, 2.45) is 0 Å². The normalized spacial score (nSPS) is 10.9. The molecule has 0 aliphatic rings. The van der Waals surface area contributed by atoms with Gasteiger partial charge in [0.1, 0.15) is 18.2 Å². The van der Waals surface area contributed by atoms with Crippen LogP contribution in [0.25, 0.3) is 6.08 Å². The Bertz CT molecular complexity index is 1390. The Morgan fingerprint density at radius 1 is 1.17 bits per heavy atom. The van der Waals surface area contributed by atoms with E-state index >= 15 is 0 Å². The SMILES string of the molecule is CCOc1cc(/C=C(\C#N)C(=O)Nc2cccc([N+](=O)[O-])c2)cc(Br)c1OCc1ccc(Cl)c(Cl)c1. The average Bonchev–Trinajstić information content (AvgIpc) is 2.84. The van der Waals surface area contributed by atoms with Gasteiger partial charge in [-0.15, -0.1) is 0 Å². The zero-order valence-electron chi connectivity index (χ0n) is 18.8. The molecule has 8 nitrogen and oxygen atoms in total. The first kappa shape index (κ1) is 27.0. The minimum Gasteiger partial charge on any atom is -0.490 e. The summed E-state index contributed by atoms with van der Waals surface area (Å²) in [6.07, 6.45) is 1.38. The topological polar surface area (TPSA) is 114 Å². The van der Waals surface area contributed by atoms with Gasteiger partial charge in [0.2, 0.25) is 0 Å². The lowest BCUT2D eigenvalue weighted by Gasteiger charge is -2.15. The fourth-order valence-electron chi connectivity index (χ4n) is 3.07. The Balaban J connectivity index is 1.85. The molecule has 3 aromatic rings. The second-order valence-electron chi connectivity index (χ2n) is 7.23. The minimum atomic E-state index is -0.716. The lowest BCUT2D eigenvalue weighted by molar-refractivity contribution is -0.384. The van der Waals surface area contributed by atoms with E-state index in [2.05, 4.69) is 21.2 Å². The molecule has 1 amide bonds. The van der Waals surface area contributed by atoms with Crippen LogP contribution in [0.5, 0.6) is 11.5 Å². The van der Waals surface area contributed by atoms with Gasteiger partial charge in [-0.05, 0) is 70.4 Å². The third kappa shape index (κ3) is 6.98. The Morgan fingerprint density at radius 3 is 2.61 bits per heavy atom. The maximum Gasteiger partial charge on any atom is 0.271 e. The van der Waals surface area contributed by atoms with Gasteiger partial charge in [0.05, 0.1) is 26.0 Å². The van der Waals surface area contributed by atoms with E-state index in [1.807, 2.05) is 13.0 Å². The van der Waals surface area contributed by atoms with E-state index < -0.39 is 10.8 Å². The van der Waals surface area contributed by atoms with E-state index in [9.17, 15) is 20.2 Å². The lowest BCUT2D eigenvalue weighted by atomic mass is 10.1. The predicted octanol–water partition coefficient (Wildman–Crippen LogP) is 7.19. The summed E-state index contributed by atoms with van der Waals surface area (Å²) in [4.78, 5) is 23.0. The van der Waals surface area contributed by atoms with Crippen LogP contribution in [0.15, 0.2) is 64.6 Å². The summed E-state index contributed by atoms with van der Waals surface area (Å²) in [7, 11) is 0. The highest BCUT2D eigenvalue weighted by Crippen LogP contribution is 2.38. The zero-order valence-corrected chi connectivity index (χ0v) is 21.9. The number of hydrogen-bond donors (Lipinski definition) is 1. The van der Waals surface area contributed by atoms with Gasteiger partial charge in [-0.1, -0.05) is 35.3 Å². The molecule has 0 bridgehead atoms. The summed E-state index contributed by atoms with van der Waals surface area (Å²) in [6, 6.07) is 15.8. The van der Waals surface area contributed by atoms with E-state index in [1.54, 1.807) is 30.3 Å². The van der Waals surface area contributed by atoms with Gasteiger partial charge in [-0.2, -0.15) is 5.26 Å². The van der Waals surface area contributed by atoms with Crippen molar-refractivity contribution in [3.63, 3.8) is 0 Å². The number of nitro benzene ring substituents is 1. The van der Waals surface area contributed by atoms with Gasteiger partial charge in [-0.25, -0.2) is 0 Å².